The maximum Gasteiger partial charge on any atom is 0.488 e. The molecule has 3 rings (SSSR count). The summed E-state index contributed by atoms with van der Waals surface area (Å²) in [6.07, 6.45) is -5.38. The molecule has 0 aromatic carbocycles. The van der Waals surface area contributed by atoms with E-state index in [4.69, 9.17) is 20.3 Å². The number of phosphoric acid groups is 2. The van der Waals surface area contributed by atoms with E-state index >= 15 is 4.39 Å². The first-order valence-corrected chi connectivity index (χ1v) is 14.6. The third kappa shape index (κ3) is 5.79. The summed E-state index contributed by atoms with van der Waals surface area (Å²) in [5, 5.41) is 10.3. The number of aliphatic hydroxyl groups is 1. The standard InChI is InChI=1S/C11H17F2N5O12P4/c12-2-11(13)6(19)4(1-27-32(21,22)29-33(23,24)30-34(25,26)31)28-9(11)18-3-15-5-7(18)16-10(14)17-8(5)20/h3-4,6,9,19,25-26,31H,1-2H2,(H,21,22)(H,23,24)(H3,14,16,17,20)/t4-,6+,9-,11?/m1/s1. The van der Waals surface area contributed by atoms with Crippen molar-refractivity contribution < 1.29 is 60.5 Å². The average Bonchev–Trinajstić information content (AvgIpc) is 3.17. The Morgan fingerprint density at radius 3 is 2.53 bits per heavy atom. The van der Waals surface area contributed by atoms with Crippen molar-refractivity contribution in [2.45, 2.75) is 24.1 Å². The van der Waals surface area contributed by atoms with Gasteiger partial charge < -0.3 is 35.2 Å². The van der Waals surface area contributed by atoms with Gasteiger partial charge in [0, 0.05) is 0 Å². The highest BCUT2D eigenvalue weighted by atomic mass is 31.8. The number of anilines is 1. The van der Waals surface area contributed by atoms with E-state index in [1.807, 2.05) is 0 Å². The maximum atomic E-state index is 15.4. The fourth-order valence-corrected chi connectivity index (χ4v) is 7.01. The second kappa shape index (κ2) is 9.37. The number of fused-ring (bicyclic) bond motifs is 1. The number of alkyl halides is 2. The molecule has 192 valence electrons. The van der Waals surface area contributed by atoms with Crippen molar-refractivity contribution >= 4 is 48.5 Å². The first-order valence-electron chi connectivity index (χ1n) is 8.61. The van der Waals surface area contributed by atoms with Gasteiger partial charge in [0.25, 0.3) is 12.8 Å². The molecule has 17 nitrogen and oxygen atoms in total. The lowest BCUT2D eigenvalue weighted by atomic mass is 9.97. The van der Waals surface area contributed by atoms with Gasteiger partial charge in [0.05, 0.1) is 12.9 Å². The molecule has 23 heteroatoms. The second-order valence-electron chi connectivity index (χ2n) is 6.75. The van der Waals surface area contributed by atoms with E-state index in [2.05, 4.69) is 36.6 Å². The van der Waals surface area contributed by atoms with E-state index < -0.39 is 71.8 Å². The van der Waals surface area contributed by atoms with Gasteiger partial charge in [-0.2, -0.15) is 9.29 Å². The lowest BCUT2D eigenvalue weighted by Gasteiger charge is -2.26. The number of aromatic amines is 1. The Hall–Kier alpha value is -1.16. The number of hydrogen-bond acceptors (Lipinski definition) is 11. The van der Waals surface area contributed by atoms with Crippen LogP contribution in [0.1, 0.15) is 6.23 Å². The van der Waals surface area contributed by atoms with Crippen LogP contribution in [0.4, 0.5) is 14.7 Å². The zero-order valence-electron chi connectivity index (χ0n) is 16.3. The van der Waals surface area contributed by atoms with Gasteiger partial charge in [-0.1, -0.05) is 0 Å². The summed E-state index contributed by atoms with van der Waals surface area (Å²) < 4.78 is 70.6. The largest absolute Gasteiger partial charge is 0.488 e. The van der Waals surface area contributed by atoms with Gasteiger partial charge >= 0.3 is 15.6 Å². The van der Waals surface area contributed by atoms with Gasteiger partial charge in [-0.05, 0) is 8.53 Å². The molecule has 0 amide bonds. The maximum absolute atomic E-state index is 15.4. The number of imidazole rings is 1. The Labute approximate surface area is 188 Å². The van der Waals surface area contributed by atoms with Crippen LogP contribution >= 0.6 is 31.4 Å². The molecule has 0 bridgehead atoms. The van der Waals surface area contributed by atoms with E-state index in [1.54, 1.807) is 0 Å². The zero-order chi connectivity index (χ0) is 25.7. The van der Waals surface area contributed by atoms with E-state index in [9.17, 15) is 33.2 Å². The van der Waals surface area contributed by atoms with Crippen LogP contribution in [0.25, 0.3) is 11.2 Å². The van der Waals surface area contributed by atoms with Crippen LogP contribution in [0.3, 0.4) is 0 Å². The lowest BCUT2D eigenvalue weighted by molar-refractivity contribution is -0.0686. The van der Waals surface area contributed by atoms with Crippen LogP contribution in [0.5, 0.6) is 0 Å². The minimum Gasteiger partial charge on any atom is -0.387 e. The summed E-state index contributed by atoms with van der Waals surface area (Å²) in [7, 11) is -13.5. The van der Waals surface area contributed by atoms with Crippen molar-refractivity contribution in [3.8, 4) is 0 Å². The molecule has 3 unspecified atom stereocenters. The molecule has 8 N–H and O–H groups in total. The van der Waals surface area contributed by atoms with E-state index in [0.29, 0.717) is 0 Å². The topological polar surface area (TPSA) is 262 Å². The number of phosphoric ester groups is 1. The Morgan fingerprint density at radius 1 is 1.29 bits per heavy atom. The fraction of sp³-hybridized carbons (Fsp3) is 0.545. The Kier molecular flexibility index (Phi) is 7.56. The van der Waals surface area contributed by atoms with E-state index in [1.165, 1.54) is 0 Å². The van der Waals surface area contributed by atoms with Crippen LogP contribution in [0.15, 0.2) is 11.1 Å². The van der Waals surface area contributed by atoms with Crippen molar-refractivity contribution in [1.29, 1.82) is 0 Å². The Balaban J connectivity index is 1.82. The summed E-state index contributed by atoms with van der Waals surface area (Å²) in [5.41, 5.74) is 0.780. The number of aromatic nitrogens is 4. The van der Waals surface area contributed by atoms with Crippen LogP contribution < -0.4 is 11.3 Å². The monoisotopic (exact) mass is 573 g/mol. The molecule has 1 fully saturated rings. The number of H-pyrrole nitrogens is 1. The predicted molar refractivity (Wildman–Crippen MR) is 110 cm³/mol. The molecular formula is C11H17F2N5O12P4. The number of aliphatic hydroxyl groups excluding tert-OH is 1. The lowest BCUT2D eigenvalue weighted by Crippen LogP contribution is -2.45. The molecule has 2 aromatic rings. The van der Waals surface area contributed by atoms with E-state index in [0.717, 1.165) is 10.9 Å². The third-order valence-electron chi connectivity index (χ3n) is 4.29. The van der Waals surface area contributed by atoms with Crippen molar-refractivity contribution in [3.63, 3.8) is 0 Å². The van der Waals surface area contributed by atoms with Crippen molar-refractivity contribution in [1.82, 2.24) is 19.5 Å². The molecule has 3 heterocycles. The molecule has 34 heavy (non-hydrogen) atoms. The minimum absolute atomic E-state index is 0.321. The molecule has 1 aliphatic heterocycles. The summed E-state index contributed by atoms with van der Waals surface area (Å²) in [4.78, 5) is 58.3. The fourth-order valence-electron chi connectivity index (χ4n) is 2.98. The molecular weight excluding hydrogens is 556 g/mol. The van der Waals surface area contributed by atoms with Crippen molar-refractivity contribution in [2.75, 3.05) is 19.0 Å². The number of hydrogen-bond donors (Lipinski definition) is 7. The van der Waals surface area contributed by atoms with Crippen LogP contribution in [0.2, 0.25) is 0 Å². The first-order chi connectivity index (χ1) is 15.5. The smallest absolute Gasteiger partial charge is 0.387 e. The molecule has 2 aromatic heterocycles. The van der Waals surface area contributed by atoms with Gasteiger partial charge in [0.1, 0.15) is 18.9 Å². The average molecular weight is 573 g/mol. The normalized spacial score (nSPS) is 29.2. The van der Waals surface area contributed by atoms with Gasteiger partial charge in [-0.3, -0.25) is 18.9 Å². The summed E-state index contributed by atoms with van der Waals surface area (Å²) in [6, 6.07) is 0. The number of halogens is 2. The number of nitrogen functional groups attached to an aromatic ring is 1. The van der Waals surface area contributed by atoms with Gasteiger partial charge in [-0.25, -0.2) is 27.2 Å². The molecule has 1 aliphatic rings. The third-order valence-corrected chi connectivity index (χ3v) is 8.89. The zero-order valence-corrected chi connectivity index (χ0v) is 20.0. The van der Waals surface area contributed by atoms with Crippen molar-refractivity contribution in [2.24, 2.45) is 0 Å². The van der Waals surface area contributed by atoms with Crippen LogP contribution in [0, 0.1) is 0 Å². The van der Waals surface area contributed by atoms with Crippen LogP contribution in [-0.2, 0) is 27.0 Å². The SMILES string of the molecule is Nc1nc2c(ncn2[C@@H]2O[C@H](COP(=O)(O)OP(=O)(O)OP(O)(O)=P)[C@H](O)C2(F)CF)c(=O)[nH]1. The molecule has 1 saturated heterocycles. The predicted octanol–water partition coefficient (Wildman–Crippen LogP) is -0.307. The van der Waals surface area contributed by atoms with Gasteiger partial charge in [0.2, 0.25) is 11.6 Å². The number of rotatable bonds is 9. The molecule has 6 atom stereocenters. The molecule has 0 aliphatic carbocycles. The minimum atomic E-state index is -5.57. The quantitative estimate of drug-likeness (QED) is 0.190. The van der Waals surface area contributed by atoms with Crippen molar-refractivity contribution in [3.05, 3.63) is 16.7 Å². The number of nitrogens with zero attached hydrogens (tertiary/aromatic N) is 3. The van der Waals surface area contributed by atoms with E-state index in [-0.39, 0.29) is 11.2 Å². The molecule has 0 radical (unpaired) electrons. The summed E-state index contributed by atoms with van der Waals surface area (Å²) >= 11 is 0. The van der Waals surface area contributed by atoms with Gasteiger partial charge in [0.15, 0.2) is 17.4 Å². The number of nitrogens with two attached hydrogens (primary N) is 1. The van der Waals surface area contributed by atoms with Crippen LogP contribution in [-0.4, -0.2) is 75.4 Å². The molecule has 0 spiro atoms. The second-order valence-corrected chi connectivity index (χ2v) is 13.0. The number of nitrogens with one attached hydrogen (secondary N) is 1. The highest BCUT2D eigenvalue weighted by Crippen LogP contribution is 2.67. The Bertz CT molecular complexity index is 1280. The first kappa shape index (κ1) is 27.4. The van der Waals surface area contributed by atoms with Gasteiger partial charge in [-0.15, -0.1) is 0 Å². The highest BCUT2D eigenvalue weighted by Gasteiger charge is 2.59. The Morgan fingerprint density at radius 2 is 1.94 bits per heavy atom. The summed E-state index contributed by atoms with van der Waals surface area (Å²) in [5.74, 6) is -0.392. The molecule has 0 saturated carbocycles. The number of ether oxygens (including phenoxy) is 1. The summed E-state index contributed by atoms with van der Waals surface area (Å²) in [6.45, 7) is -3.04. The highest BCUT2D eigenvalue weighted by molar-refractivity contribution is 7.91.